The zero-order valence-electron chi connectivity index (χ0n) is 12.7. The van der Waals surface area contributed by atoms with Crippen molar-refractivity contribution in [1.29, 1.82) is 0 Å². The summed E-state index contributed by atoms with van der Waals surface area (Å²) in [5.74, 6) is 0.876. The molecule has 0 bridgehead atoms. The normalized spacial score (nSPS) is 19.6. The van der Waals surface area contributed by atoms with Gasteiger partial charge in [0.05, 0.1) is 10.6 Å². The van der Waals surface area contributed by atoms with Crippen molar-refractivity contribution in [2.75, 3.05) is 7.05 Å². The third kappa shape index (κ3) is 3.76. The molecule has 0 amide bonds. The third-order valence-corrected chi connectivity index (χ3v) is 5.02. The molecule has 0 aliphatic heterocycles. The van der Waals surface area contributed by atoms with E-state index in [1.165, 1.54) is 49.1 Å². The number of rotatable bonds is 4. The summed E-state index contributed by atoms with van der Waals surface area (Å²) < 4.78 is 4.20. The van der Waals surface area contributed by atoms with Crippen LogP contribution in [0.25, 0.3) is 0 Å². The zero-order valence-corrected chi connectivity index (χ0v) is 13.5. The molecule has 1 aliphatic carbocycles. The van der Waals surface area contributed by atoms with Crippen LogP contribution >= 0.6 is 11.5 Å². The van der Waals surface area contributed by atoms with Gasteiger partial charge in [-0.05, 0) is 30.9 Å². The van der Waals surface area contributed by atoms with E-state index in [9.17, 15) is 0 Å². The Morgan fingerprint density at radius 1 is 1.26 bits per heavy atom. The van der Waals surface area contributed by atoms with Crippen molar-refractivity contribution in [2.24, 2.45) is 5.92 Å². The first-order chi connectivity index (χ1) is 9.02. The molecule has 0 radical (unpaired) electrons. The van der Waals surface area contributed by atoms with Gasteiger partial charge in [-0.2, -0.15) is 0 Å². The summed E-state index contributed by atoms with van der Waals surface area (Å²) in [5, 5.41) is 7.87. The summed E-state index contributed by atoms with van der Waals surface area (Å²) in [6.45, 7) is 6.67. The topological polar surface area (TPSA) is 37.8 Å². The average molecular weight is 281 g/mol. The zero-order chi connectivity index (χ0) is 13.9. The molecule has 108 valence electrons. The first-order valence-corrected chi connectivity index (χ1v) is 8.29. The van der Waals surface area contributed by atoms with Crippen LogP contribution in [0.5, 0.6) is 0 Å². The van der Waals surface area contributed by atoms with E-state index in [0.29, 0.717) is 6.04 Å². The molecule has 0 spiro atoms. The predicted molar refractivity (Wildman–Crippen MR) is 81.6 cm³/mol. The Kier molecular flexibility index (Phi) is 4.96. The first-order valence-electron chi connectivity index (χ1n) is 7.52. The monoisotopic (exact) mass is 281 g/mol. The number of aromatic nitrogens is 2. The number of nitrogens with zero attached hydrogens (tertiary/aromatic N) is 2. The Balaban J connectivity index is 2.11. The lowest BCUT2D eigenvalue weighted by molar-refractivity contribution is 0.305. The van der Waals surface area contributed by atoms with E-state index in [4.69, 9.17) is 0 Å². The van der Waals surface area contributed by atoms with Gasteiger partial charge in [0, 0.05) is 11.5 Å². The molecule has 4 heteroatoms. The van der Waals surface area contributed by atoms with Crippen LogP contribution in [0.2, 0.25) is 0 Å². The molecule has 0 saturated heterocycles. The summed E-state index contributed by atoms with van der Waals surface area (Å²) in [5.41, 5.74) is 1.26. The number of nitrogens with one attached hydrogen (secondary N) is 1. The highest BCUT2D eigenvalue weighted by Crippen LogP contribution is 2.36. The molecule has 3 nitrogen and oxygen atoms in total. The Morgan fingerprint density at radius 2 is 1.95 bits per heavy atom. The highest BCUT2D eigenvalue weighted by Gasteiger charge is 2.28. The summed E-state index contributed by atoms with van der Waals surface area (Å²) in [6, 6.07) is 0.428. The molecule has 1 fully saturated rings. The quantitative estimate of drug-likeness (QED) is 0.904. The van der Waals surface area contributed by atoms with Gasteiger partial charge >= 0.3 is 0 Å². The summed E-state index contributed by atoms with van der Waals surface area (Å²) in [7, 11) is 2.07. The van der Waals surface area contributed by atoms with Crippen molar-refractivity contribution in [3.63, 3.8) is 0 Å². The highest BCUT2D eigenvalue weighted by molar-refractivity contribution is 7.05. The lowest BCUT2D eigenvalue weighted by Gasteiger charge is -2.27. The van der Waals surface area contributed by atoms with E-state index < -0.39 is 0 Å². The summed E-state index contributed by atoms with van der Waals surface area (Å²) in [4.78, 5) is 1.35. The van der Waals surface area contributed by atoms with Crippen molar-refractivity contribution < 1.29 is 0 Å². The molecule has 1 unspecified atom stereocenters. The highest BCUT2D eigenvalue weighted by atomic mass is 32.1. The van der Waals surface area contributed by atoms with Gasteiger partial charge in [-0.25, -0.2) is 0 Å². The van der Waals surface area contributed by atoms with E-state index in [1.807, 2.05) is 0 Å². The second-order valence-corrected chi connectivity index (χ2v) is 7.60. The largest absolute Gasteiger partial charge is 0.312 e. The first kappa shape index (κ1) is 14.9. The minimum atomic E-state index is 0.0873. The van der Waals surface area contributed by atoms with Crippen LogP contribution in [-0.2, 0) is 5.41 Å². The lowest BCUT2D eigenvalue weighted by Crippen LogP contribution is -2.24. The van der Waals surface area contributed by atoms with Gasteiger partial charge in [0.15, 0.2) is 0 Å². The molecule has 1 heterocycles. The molecular weight excluding hydrogens is 254 g/mol. The van der Waals surface area contributed by atoms with Crippen molar-refractivity contribution in [1.82, 2.24) is 14.9 Å². The lowest BCUT2D eigenvalue weighted by atomic mass is 9.83. The maximum Gasteiger partial charge on any atom is 0.0857 e. The second-order valence-electron chi connectivity index (χ2n) is 6.82. The smallest absolute Gasteiger partial charge is 0.0857 e. The molecular formula is C15H27N3S. The third-order valence-electron chi connectivity index (χ3n) is 4.18. The minimum absolute atomic E-state index is 0.0873. The predicted octanol–water partition coefficient (Wildman–Crippen LogP) is 4.07. The Labute approximate surface area is 121 Å². The van der Waals surface area contributed by atoms with Crippen molar-refractivity contribution in [3.05, 3.63) is 10.6 Å². The fourth-order valence-electron chi connectivity index (χ4n) is 3.06. The molecule has 1 N–H and O–H groups in total. The van der Waals surface area contributed by atoms with Gasteiger partial charge in [-0.1, -0.05) is 57.4 Å². The van der Waals surface area contributed by atoms with Gasteiger partial charge in [0.25, 0.3) is 0 Å². The van der Waals surface area contributed by atoms with E-state index in [0.717, 1.165) is 5.92 Å². The van der Waals surface area contributed by atoms with Crippen LogP contribution in [0.4, 0.5) is 0 Å². The van der Waals surface area contributed by atoms with E-state index >= 15 is 0 Å². The van der Waals surface area contributed by atoms with Gasteiger partial charge < -0.3 is 5.32 Å². The average Bonchev–Trinajstić information content (AvgIpc) is 2.86. The maximum absolute atomic E-state index is 4.38. The Bertz CT molecular complexity index is 388. The van der Waals surface area contributed by atoms with Crippen molar-refractivity contribution >= 4 is 11.5 Å². The molecule has 1 saturated carbocycles. The summed E-state index contributed by atoms with van der Waals surface area (Å²) in [6.07, 6.45) is 8.28. The number of hydrogen-bond donors (Lipinski definition) is 1. The van der Waals surface area contributed by atoms with Crippen LogP contribution < -0.4 is 5.32 Å². The van der Waals surface area contributed by atoms with Gasteiger partial charge in [0.1, 0.15) is 0 Å². The molecule has 1 aromatic rings. The molecule has 2 rings (SSSR count). The Hall–Kier alpha value is -0.480. The SMILES string of the molecule is CNC(CC1CCCCC1)c1snnc1C(C)(C)C. The van der Waals surface area contributed by atoms with Crippen molar-refractivity contribution in [2.45, 2.75) is 70.8 Å². The van der Waals surface area contributed by atoms with Crippen LogP contribution in [0, 0.1) is 5.92 Å². The maximum atomic E-state index is 4.38. The van der Waals surface area contributed by atoms with Gasteiger partial charge in [0.2, 0.25) is 0 Å². The Morgan fingerprint density at radius 3 is 2.53 bits per heavy atom. The number of hydrogen-bond acceptors (Lipinski definition) is 4. The molecule has 1 aliphatic rings. The van der Waals surface area contributed by atoms with E-state index in [1.54, 1.807) is 11.5 Å². The van der Waals surface area contributed by atoms with Crippen LogP contribution in [-0.4, -0.2) is 16.6 Å². The standard InChI is InChI=1S/C15H27N3S/c1-15(2,3)14-13(19-18-17-14)12(16-4)10-11-8-6-5-7-9-11/h11-12,16H,5-10H2,1-4H3. The van der Waals surface area contributed by atoms with Gasteiger partial charge in [-0.15, -0.1) is 5.10 Å². The minimum Gasteiger partial charge on any atom is -0.312 e. The van der Waals surface area contributed by atoms with E-state index in [2.05, 4.69) is 42.7 Å². The summed E-state index contributed by atoms with van der Waals surface area (Å²) >= 11 is 1.57. The molecule has 1 atom stereocenters. The van der Waals surface area contributed by atoms with Crippen LogP contribution in [0.15, 0.2) is 0 Å². The molecule has 0 aromatic carbocycles. The van der Waals surface area contributed by atoms with E-state index in [-0.39, 0.29) is 5.41 Å². The van der Waals surface area contributed by atoms with Crippen molar-refractivity contribution in [3.8, 4) is 0 Å². The van der Waals surface area contributed by atoms with Crippen LogP contribution in [0.1, 0.15) is 75.9 Å². The second kappa shape index (κ2) is 6.31. The molecule has 1 aromatic heterocycles. The molecule has 19 heavy (non-hydrogen) atoms. The van der Waals surface area contributed by atoms with Crippen LogP contribution in [0.3, 0.4) is 0 Å². The fourth-order valence-corrected chi connectivity index (χ4v) is 4.04. The van der Waals surface area contributed by atoms with Gasteiger partial charge in [-0.3, -0.25) is 0 Å². The fraction of sp³-hybridized carbons (Fsp3) is 0.867.